The summed E-state index contributed by atoms with van der Waals surface area (Å²) in [5, 5.41) is 9.01. The molecule has 20 heavy (non-hydrogen) atoms. The van der Waals surface area contributed by atoms with Gasteiger partial charge in [0.15, 0.2) is 0 Å². The summed E-state index contributed by atoms with van der Waals surface area (Å²) in [5.74, 6) is -0.288. The van der Waals surface area contributed by atoms with E-state index in [0.717, 1.165) is 25.0 Å². The number of aryl methyl sites for hydroxylation is 1. The summed E-state index contributed by atoms with van der Waals surface area (Å²) in [6.07, 6.45) is 4.18. The molecule has 0 aliphatic heterocycles. The third-order valence-electron chi connectivity index (χ3n) is 4.31. The molecule has 110 valence electrons. The molecule has 1 aliphatic carbocycles. The van der Waals surface area contributed by atoms with Gasteiger partial charge < -0.3 is 5.11 Å². The maximum atomic E-state index is 12.2. The Morgan fingerprint density at radius 3 is 2.70 bits per heavy atom. The first-order chi connectivity index (χ1) is 9.40. The van der Waals surface area contributed by atoms with Gasteiger partial charge in [0.25, 0.3) is 0 Å². The number of carboxylic acids is 1. The van der Waals surface area contributed by atoms with Crippen molar-refractivity contribution in [1.29, 1.82) is 0 Å². The lowest BCUT2D eigenvalue weighted by Crippen LogP contribution is -2.33. The van der Waals surface area contributed by atoms with Crippen LogP contribution in [0.3, 0.4) is 0 Å². The fourth-order valence-corrected chi connectivity index (χ4v) is 3.29. The van der Waals surface area contributed by atoms with E-state index in [1.165, 1.54) is 6.42 Å². The molecule has 1 heterocycles. The Labute approximate surface area is 118 Å². The molecular weight excluding hydrogens is 256 g/mol. The molecule has 1 fully saturated rings. The number of rotatable bonds is 3. The highest BCUT2D eigenvalue weighted by Gasteiger charge is 2.24. The van der Waals surface area contributed by atoms with Crippen LogP contribution in [0.5, 0.6) is 0 Å². The minimum atomic E-state index is -0.889. The van der Waals surface area contributed by atoms with Gasteiger partial charge in [0.05, 0.1) is 6.42 Å². The van der Waals surface area contributed by atoms with Crippen LogP contribution in [0.4, 0.5) is 0 Å². The minimum absolute atomic E-state index is 0.0762. The van der Waals surface area contributed by atoms with Gasteiger partial charge in [0, 0.05) is 23.0 Å². The molecule has 0 aromatic carbocycles. The second kappa shape index (κ2) is 5.77. The zero-order chi connectivity index (χ0) is 14.9. The molecule has 0 radical (unpaired) electrons. The summed E-state index contributed by atoms with van der Waals surface area (Å²) in [6.45, 7) is 5.75. The topological polar surface area (TPSA) is 72.2 Å². The molecule has 0 bridgehead atoms. The van der Waals surface area contributed by atoms with Crippen LogP contribution in [0.2, 0.25) is 0 Å². The van der Waals surface area contributed by atoms with Crippen molar-refractivity contribution in [2.24, 2.45) is 5.92 Å². The van der Waals surface area contributed by atoms with Gasteiger partial charge in [-0.1, -0.05) is 19.8 Å². The van der Waals surface area contributed by atoms with Crippen LogP contribution in [0, 0.1) is 19.8 Å². The number of hydrogen-bond acceptors (Lipinski definition) is 3. The molecule has 1 aromatic rings. The maximum absolute atomic E-state index is 12.2. The van der Waals surface area contributed by atoms with E-state index >= 15 is 0 Å². The maximum Gasteiger partial charge on any atom is 0.348 e. The molecule has 2 rings (SSSR count). The lowest BCUT2D eigenvalue weighted by atomic mass is 9.86. The van der Waals surface area contributed by atoms with Crippen LogP contribution in [0.25, 0.3) is 0 Å². The molecule has 1 saturated carbocycles. The van der Waals surface area contributed by atoms with Gasteiger partial charge in [0.1, 0.15) is 0 Å². The zero-order valence-corrected chi connectivity index (χ0v) is 12.3. The third-order valence-corrected chi connectivity index (χ3v) is 4.31. The number of carbonyl (C=O) groups is 1. The van der Waals surface area contributed by atoms with Crippen molar-refractivity contribution in [3.8, 4) is 0 Å². The standard InChI is InChI=1S/C15H22N2O3/c1-9-5-4-6-12(7-9)17-11(3)13(8-14(18)19)10(2)16-15(17)20/h9,12H,4-8H2,1-3H3,(H,18,19). The summed E-state index contributed by atoms with van der Waals surface area (Å²) < 4.78 is 1.72. The van der Waals surface area contributed by atoms with Crippen LogP contribution in [-0.2, 0) is 11.2 Å². The summed E-state index contributed by atoms with van der Waals surface area (Å²) in [6, 6.07) is 0.159. The Hall–Kier alpha value is -1.65. The first-order valence-electron chi connectivity index (χ1n) is 7.20. The zero-order valence-electron chi connectivity index (χ0n) is 12.3. The number of hydrogen-bond donors (Lipinski definition) is 1. The highest BCUT2D eigenvalue weighted by molar-refractivity contribution is 5.70. The first-order valence-corrected chi connectivity index (χ1v) is 7.20. The van der Waals surface area contributed by atoms with Gasteiger partial charge in [-0.3, -0.25) is 9.36 Å². The normalized spacial score (nSPS) is 22.8. The van der Waals surface area contributed by atoms with Gasteiger partial charge in [-0.25, -0.2) is 4.79 Å². The van der Waals surface area contributed by atoms with E-state index in [4.69, 9.17) is 5.11 Å². The third kappa shape index (κ3) is 2.92. The smallest absolute Gasteiger partial charge is 0.348 e. The van der Waals surface area contributed by atoms with E-state index in [1.807, 2.05) is 6.92 Å². The fraction of sp³-hybridized carbons (Fsp3) is 0.667. The van der Waals surface area contributed by atoms with Gasteiger partial charge in [-0.2, -0.15) is 4.98 Å². The second-order valence-corrected chi connectivity index (χ2v) is 5.91. The van der Waals surface area contributed by atoms with E-state index < -0.39 is 5.97 Å². The van der Waals surface area contributed by atoms with Crippen LogP contribution in [0.1, 0.15) is 55.6 Å². The van der Waals surface area contributed by atoms with Crippen molar-refractivity contribution in [2.75, 3.05) is 0 Å². The molecule has 5 nitrogen and oxygen atoms in total. The van der Waals surface area contributed by atoms with Crippen molar-refractivity contribution < 1.29 is 9.90 Å². The Balaban J connectivity index is 2.47. The van der Waals surface area contributed by atoms with Crippen LogP contribution >= 0.6 is 0 Å². The van der Waals surface area contributed by atoms with E-state index in [0.29, 0.717) is 17.2 Å². The molecule has 5 heteroatoms. The molecule has 1 aliphatic rings. The lowest BCUT2D eigenvalue weighted by molar-refractivity contribution is -0.136. The Morgan fingerprint density at radius 1 is 1.40 bits per heavy atom. The molecule has 2 unspecified atom stereocenters. The van der Waals surface area contributed by atoms with Crippen LogP contribution in [-0.4, -0.2) is 20.6 Å². The van der Waals surface area contributed by atoms with E-state index in [9.17, 15) is 9.59 Å². The Bertz CT molecular complexity index is 577. The van der Waals surface area contributed by atoms with E-state index in [1.54, 1.807) is 11.5 Å². The average molecular weight is 278 g/mol. The molecule has 0 saturated heterocycles. The lowest BCUT2D eigenvalue weighted by Gasteiger charge is -2.30. The Morgan fingerprint density at radius 2 is 2.10 bits per heavy atom. The quantitative estimate of drug-likeness (QED) is 0.920. The average Bonchev–Trinajstić information content (AvgIpc) is 2.34. The largest absolute Gasteiger partial charge is 0.481 e. The van der Waals surface area contributed by atoms with Crippen LogP contribution < -0.4 is 5.69 Å². The molecule has 2 atom stereocenters. The summed E-state index contributed by atoms with van der Waals surface area (Å²) in [5.41, 5.74) is 1.74. The highest BCUT2D eigenvalue weighted by Crippen LogP contribution is 2.32. The Kier molecular flexibility index (Phi) is 4.26. The van der Waals surface area contributed by atoms with Crippen molar-refractivity contribution in [3.63, 3.8) is 0 Å². The van der Waals surface area contributed by atoms with E-state index in [2.05, 4.69) is 11.9 Å². The predicted octanol–water partition coefficient (Wildman–Crippen LogP) is 2.24. The minimum Gasteiger partial charge on any atom is -0.481 e. The van der Waals surface area contributed by atoms with Gasteiger partial charge in [0.2, 0.25) is 0 Å². The van der Waals surface area contributed by atoms with Crippen molar-refractivity contribution in [3.05, 3.63) is 27.4 Å². The molecular formula is C15H22N2O3. The first kappa shape index (κ1) is 14.8. The van der Waals surface area contributed by atoms with Crippen molar-refractivity contribution in [1.82, 2.24) is 9.55 Å². The molecule has 1 aromatic heterocycles. The predicted molar refractivity (Wildman–Crippen MR) is 76.0 cm³/mol. The van der Waals surface area contributed by atoms with Crippen LogP contribution in [0.15, 0.2) is 4.79 Å². The number of nitrogens with zero attached hydrogens (tertiary/aromatic N) is 2. The highest BCUT2D eigenvalue weighted by atomic mass is 16.4. The number of aliphatic carboxylic acids is 1. The number of aromatic nitrogens is 2. The van der Waals surface area contributed by atoms with Gasteiger partial charge >= 0.3 is 11.7 Å². The van der Waals surface area contributed by atoms with Gasteiger partial charge in [-0.05, 0) is 32.6 Å². The van der Waals surface area contributed by atoms with Crippen molar-refractivity contribution in [2.45, 2.75) is 58.9 Å². The summed E-state index contributed by atoms with van der Waals surface area (Å²) in [7, 11) is 0. The molecule has 0 amide bonds. The van der Waals surface area contributed by atoms with Crippen molar-refractivity contribution >= 4 is 5.97 Å². The van der Waals surface area contributed by atoms with Gasteiger partial charge in [-0.15, -0.1) is 0 Å². The van der Waals surface area contributed by atoms with E-state index in [-0.39, 0.29) is 18.2 Å². The fourth-order valence-electron chi connectivity index (χ4n) is 3.29. The summed E-state index contributed by atoms with van der Waals surface area (Å²) in [4.78, 5) is 27.2. The molecule has 1 N–H and O–H groups in total. The molecule has 0 spiro atoms. The SMILES string of the molecule is Cc1nc(=O)n(C2CCCC(C)C2)c(C)c1CC(=O)O. The monoisotopic (exact) mass is 278 g/mol. The summed E-state index contributed by atoms with van der Waals surface area (Å²) >= 11 is 0. The number of carboxylic acid groups (broad SMARTS) is 1. The second-order valence-electron chi connectivity index (χ2n) is 5.91.